The first-order valence-electron chi connectivity index (χ1n) is 36.8. The summed E-state index contributed by atoms with van der Waals surface area (Å²) in [5.41, 5.74) is -1.54. The fraction of sp³-hybridized carbons (Fsp3) is 0.779. The molecule has 0 atom stereocenters. The molecule has 0 saturated heterocycles. The lowest BCUT2D eigenvalue weighted by Crippen LogP contribution is -2.27. The minimum atomic E-state index is -0.974. The van der Waals surface area contributed by atoms with Crippen molar-refractivity contribution in [2.24, 2.45) is 0 Å². The van der Waals surface area contributed by atoms with Crippen LogP contribution >= 0.6 is 0 Å². The number of ether oxygens (including phenoxy) is 4. The van der Waals surface area contributed by atoms with Gasteiger partial charge in [0.05, 0.1) is 48.7 Å². The molecule has 0 aliphatic rings. The minimum absolute atomic E-state index is 0.0349. The van der Waals surface area contributed by atoms with Gasteiger partial charge in [0, 0.05) is 11.1 Å². The third-order valence-corrected chi connectivity index (χ3v) is 17.4. The van der Waals surface area contributed by atoms with Crippen molar-refractivity contribution in [2.45, 2.75) is 362 Å². The molecule has 0 aromatic heterocycles. The molecule has 0 N–H and O–H groups in total. The molecule has 0 spiro atoms. The molecule has 86 heavy (non-hydrogen) atoms. The standard InChI is InChI=1S/C77H130O9/c1-5-9-13-17-21-25-29-33-37-41-45-49-56-62-83-74(79)69-66-68(73(78)67-60-54-53-55-61-67)70(75(80)84-63-57-50-46-42-38-34-30-26-22-18-14-10-6-2)72(77(82)86-65-59-52-48-44-40-36-32-28-24-20-16-12-8-4)71(69)76(81)85-64-58-51-47-43-39-35-31-27-23-19-15-11-7-3/h53-55,60-61,66H,5-52,56-59,62-65H2,1-4H3. The second kappa shape index (κ2) is 57.4. The van der Waals surface area contributed by atoms with E-state index in [1.807, 2.05) is 0 Å². The zero-order chi connectivity index (χ0) is 62.0. The normalized spacial score (nSPS) is 11.3. The Balaban J connectivity index is 2.39. The SMILES string of the molecule is CCCCCCCCCCCCCCCOC(=O)c1cc(C(=O)c2ccccc2)c(C(=O)OCCCCCCCCCCCCCCC)c(C(=O)OCCCCCCCCCCCCCCC)c1C(=O)OCCCCCCCCCCCCCCC. The highest BCUT2D eigenvalue weighted by Crippen LogP contribution is 2.31. The summed E-state index contributed by atoms with van der Waals surface area (Å²) in [4.78, 5) is 73.8. The Labute approximate surface area is 527 Å². The van der Waals surface area contributed by atoms with E-state index in [9.17, 15) is 24.0 Å². The number of esters is 4. The van der Waals surface area contributed by atoms with Crippen molar-refractivity contribution >= 4 is 29.7 Å². The van der Waals surface area contributed by atoms with E-state index in [-0.39, 0.29) is 48.7 Å². The Morgan fingerprint density at radius 2 is 0.453 bits per heavy atom. The topological polar surface area (TPSA) is 122 Å². The van der Waals surface area contributed by atoms with E-state index < -0.39 is 40.8 Å². The van der Waals surface area contributed by atoms with Crippen LogP contribution in [0.5, 0.6) is 0 Å². The smallest absolute Gasteiger partial charge is 0.339 e. The average molecular weight is 1200 g/mol. The number of unbranched alkanes of at least 4 members (excludes halogenated alkanes) is 48. The summed E-state index contributed by atoms with van der Waals surface area (Å²) in [5, 5.41) is 0. The molecule has 0 fully saturated rings. The van der Waals surface area contributed by atoms with Crippen LogP contribution < -0.4 is 0 Å². The maximum atomic E-state index is 14.9. The maximum Gasteiger partial charge on any atom is 0.339 e. The summed E-state index contributed by atoms with van der Waals surface area (Å²) in [6.07, 6.45) is 60.5. The van der Waals surface area contributed by atoms with Gasteiger partial charge in [-0.1, -0.05) is 366 Å². The van der Waals surface area contributed by atoms with Gasteiger partial charge >= 0.3 is 23.9 Å². The summed E-state index contributed by atoms with van der Waals surface area (Å²) in [6.45, 7) is 9.25. The summed E-state index contributed by atoms with van der Waals surface area (Å²) < 4.78 is 23.9. The van der Waals surface area contributed by atoms with Crippen LogP contribution in [-0.2, 0) is 18.9 Å². The number of rotatable bonds is 62. The molecule has 0 bridgehead atoms. The molecule has 9 heteroatoms. The monoisotopic (exact) mass is 1200 g/mol. The molecule has 2 aromatic carbocycles. The molecule has 0 heterocycles. The number of hydrogen-bond donors (Lipinski definition) is 0. The van der Waals surface area contributed by atoms with Crippen LogP contribution in [0.2, 0.25) is 0 Å². The van der Waals surface area contributed by atoms with E-state index in [1.165, 1.54) is 237 Å². The first kappa shape index (κ1) is 78.1. The van der Waals surface area contributed by atoms with Gasteiger partial charge in [0.1, 0.15) is 0 Å². The molecule has 0 aliphatic carbocycles. The molecule has 0 amide bonds. The maximum absolute atomic E-state index is 14.9. The van der Waals surface area contributed by atoms with E-state index in [2.05, 4.69) is 27.7 Å². The number of benzene rings is 2. The molecule has 2 aromatic rings. The van der Waals surface area contributed by atoms with Crippen molar-refractivity contribution in [3.05, 3.63) is 69.8 Å². The van der Waals surface area contributed by atoms with Crippen molar-refractivity contribution in [3.8, 4) is 0 Å². The number of carbonyl (C=O) groups is 5. The average Bonchev–Trinajstić information content (AvgIpc) is 0.996. The predicted octanol–water partition coefficient (Wildman–Crippen LogP) is 23.9. The van der Waals surface area contributed by atoms with Gasteiger partial charge in [0.25, 0.3) is 0 Å². The Kier molecular flexibility index (Phi) is 52.1. The van der Waals surface area contributed by atoms with Crippen LogP contribution in [0.3, 0.4) is 0 Å². The number of ketones is 1. The third kappa shape index (κ3) is 39.8. The molecule has 0 aliphatic heterocycles. The van der Waals surface area contributed by atoms with Crippen LogP contribution in [0.25, 0.3) is 0 Å². The van der Waals surface area contributed by atoms with Gasteiger partial charge in [-0.15, -0.1) is 0 Å². The van der Waals surface area contributed by atoms with Gasteiger partial charge in [-0.25, -0.2) is 19.2 Å². The van der Waals surface area contributed by atoms with E-state index >= 15 is 0 Å². The third-order valence-electron chi connectivity index (χ3n) is 17.4. The van der Waals surface area contributed by atoms with Crippen LogP contribution in [0.1, 0.15) is 419 Å². The largest absolute Gasteiger partial charge is 0.462 e. The van der Waals surface area contributed by atoms with Crippen LogP contribution in [-0.4, -0.2) is 56.1 Å². The minimum Gasteiger partial charge on any atom is -0.462 e. The lowest BCUT2D eigenvalue weighted by molar-refractivity contribution is 0.0414. The van der Waals surface area contributed by atoms with Gasteiger partial charge in [0.2, 0.25) is 0 Å². The summed E-state index contributed by atoms with van der Waals surface area (Å²) in [5.74, 6) is -4.29. The molecule has 9 nitrogen and oxygen atoms in total. The molecule has 0 radical (unpaired) electrons. The van der Waals surface area contributed by atoms with Crippen molar-refractivity contribution in [3.63, 3.8) is 0 Å². The lowest BCUT2D eigenvalue weighted by atomic mass is 9.87. The number of hydrogen-bond acceptors (Lipinski definition) is 9. The first-order chi connectivity index (χ1) is 42.3. The van der Waals surface area contributed by atoms with Gasteiger partial charge in [-0.3, -0.25) is 4.79 Å². The van der Waals surface area contributed by atoms with Crippen molar-refractivity contribution < 1.29 is 42.9 Å². The first-order valence-corrected chi connectivity index (χ1v) is 36.8. The predicted molar refractivity (Wildman–Crippen MR) is 360 cm³/mol. The molecule has 0 saturated carbocycles. The zero-order valence-electron chi connectivity index (χ0n) is 56.2. The molecule has 0 unspecified atom stereocenters. The second-order valence-corrected chi connectivity index (χ2v) is 25.3. The second-order valence-electron chi connectivity index (χ2n) is 25.3. The Morgan fingerprint density at radius 3 is 0.709 bits per heavy atom. The Morgan fingerprint density at radius 1 is 0.244 bits per heavy atom. The quantitative estimate of drug-likeness (QED) is 0.0276. The van der Waals surface area contributed by atoms with E-state index in [4.69, 9.17) is 18.9 Å². The van der Waals surface area contributed by atoms with Gasteiger partial charge < -0.3 is 18.9 Å². The lowest BCUT2D eigenvalue weighted by Gasteiger charge is -2.20. The van der Waals surface area contributed by atoms with Gasteiger partial charge in [0.15, 0.2) is 5.78 Å². The summed E-state index contributed by atoms with van der Waals surface area (Å²) in [7, 11) is 0. The van der Waals surface area contributed by atoms with Gasteiger partial charge in [-0.05, 0) is 31.7 Å². The van der Waals surface area contributed by atoms with Crippen LogP contribution in [0.4, 0.5) is 0 Å². The summed E-state index contributed by atoms with van der Waals surface area (Å²) >= 11 is 0. The highest BCUT2D eigenvalue weighted by atomic mass is 16.5. The molecule has 2 rings (SSSR count). The molecule has 492 valence electrons. The fourth-order valence-electron chi connectivity index (χ4n) is 11.8. The van der Waals surface area contributed by atoms with Crippen molar-refractivity contribution in [1.82, 2.24) is 0 Å². The zero-order valence-corrected chi connectivity index (χ0v) is 56.2. The van der Waals surface area contributed by atoms with Crippen molar-refractivity contribution in [1.29, 1.82) is 0 Å². The highest BCUT2D eigenvalue weighted by Gasteiger charge is 2.37. The van der Waals surface area contributed by atoms with E-state index in [0.717, 1.165) is 77.0 Å². The summed E-state index contributed by atoms with van der Waals surface area (Å²) in [6, 6.07) is 9.74. The highest BCUT2D eigenvalue weighted by molar-refractivity contribution is 6.22. The van der Waals surface area contributed by atoms with Gasteiger partial charge in [-0.2, -0.15) is 0 Å². The van der Waals surface area contributed by atoms with E-state index in [0.29, 0.717) is 25.7 Å². The number of carbonyl (C=O) groups excluding carboxylic acids is 5. The Hall–Kier alpha value is -4.01. The molecular weight excluding hydrogens is 1070 g/mol. The van der Waals surface area contributed by atoms with Crippen LogP contribution in [0.15, 0.2) is 36.4 Å². The van der Waals surface area contributed by atoms with Crippen LogP contribution in [0, 0.1) is 0 Å². The Bertz CT molecular complexity index is 1960. The van der Waals surface area contributed by atoms with E-state index in [1.54, 1.807) is 30.3 Å². The van der Waals surface area contributed by atoms with Crippen molar-refractivity contribution in [2.75, 3.05) is 26.4 Å². The fourth-order valence-corrected chi connectivity index (χ4v) is 11.8. The molecular formula is C77H130O9.